The number of rotatable bonds is 2. The van der Waals surface area contributed by atoms with E-state index in [-0.39, 0.29) is 7.43 Å². The molecular weight excluding hydrogens is 152 g/mol. The lowest BCUT2D eigenvalue weighted by atomic mass is 10.3. The molecular formula is C9H24N2O. The molecule has 0 aromatic heterocycles. The molecule has 1 saturated carbocycles. The summed E-state index contributed by atoms with van der Waals surface area (Å²) in [7, 11) is 3.28. The van der Waals surface area contributed by atoms with Gasteiger partial charge in [0, 0.05) is 7.05 Å². The fourth-order valence-corrected chi connectivity index (χ4v) is 1.19. The maximum Gasteiger partial charge on any atom is 0.0572 e. The van der Waals surface area contributed by atoms with E-state index in [1.165, 1.54) is 0 Å². The van der Waals surface area contributed by atoms with Gasteiger partial charge in [-0.2, -0.15) is 0 Å². The second-order valence-corrected chi connectivity index (χ2v) is 3.03. The average Bonchev–Trinajstić information content (AvgIpc) is 2.60. The van der Waals surface area contributed by atoms with E-state index in [1.54, 1.807) is 14.2 Å². The first-order valence-electron chi connectivity index (χ1n) is 4.08. The first-order valence-corrected chi connectivity index (χ1v) is 4.08. The summed E-state index contributed by atoms with van der Waals surface area (Å²) in [5.41, 5.74) is 7.85. The topological polar surface area (TPSA) is 47.3 Å². The zero-order chi connectivity index (χ0) is 8.85. The maximum absolute atomic E-state index is 5.41. The molecule has 1 fully saturated rings. The van der Waals surface area contributed by atoms with Crippen molar-refractivity contribution in [1.82, 2.24) is 5.48 Å². The number of hydroxylamine groups is 1. The van der Waals surface area contributed by atoms with Gasteiger partial charge in [0.2, 0.25) is 0 Å². The Morgan fingerprint density at radius 3 is 1.67 bits per heavy atom. The first-order chi connectivity index (χ1) is 5.18. The van der Waals surface area contributed by atoms with Crippen molar-refractivity contribution in [3.05, 3.63) is 0 Å². The molecule has 1 rings (SSSR count). The van der Waals surface area contributed by atoms with Crippen molar-refractivity contribution in [2.45, 2.75) is 21.3 Å². The number of hydrogen-bond donors (Lipinski definition) is 2. The molecule has 0 aromatic carbocycles. The van der Waals surface area contributed by atoms with Gasteiger partial charge in [-0.3, -0.25) is 0 Å². The van der Waals surface area contributed by atoms with Crippen molar-refractivity contribution in [3.63, 3.8) is 0 Å². The van der Waals surface area contributed by atoms with Crippen LogP contribution in [-0.4, -0.2) is 20.7 Å². The molecule has 0 spiro atoms. The van der Waals surface area contributed by atoms with Gasteiger partial charge >= 0.3 is 0 Å². The molecule has 12 heavy (non-hydrogen) atoms. The van der Waals surface area contributed by atoms with Gasteiger partial charge in [-0.25, -0.2) is 5.48 Å². The quantitative estimate of drug-likeness (QED) is 0.623. The van der Waals surface area contributed by atoms with Crippen LogP contribution >= 0.6 is 0 Å². The molecule has 0 radical (unpaired) electrons. The first kappa shape index (κ1) is 14.4. The fraction of sp³-hybridized carbons (Fsp3) is 1.00. The number of nitrogens with one attached hydrogen (secondary N) is 1. The van der Waals surface area contributed by atoms with Crippen LogP contribution in [0.2, 0.25) is 0 Å². The normalized spacial score (nSPS) is 31.2. The van der Waals surface area contributed by atoms with E-state index in [4.69, 9.17) is 5.73 Å². The summed E-state index contributed by atoms with van der Waals surface area (Å²) in [5, 5.41) is 0. The van der Waals surface area contributed by atoms with Crippen LogP contribution in [0.3, 0.4) is 0 Å². The second-order valence-electron chi connectivity index (χ2n) is 3.03. The smallest absolute Gasteiger partial charge is 0.0572 e. The summed E-state index contributed by atoms with van der Waals surface area (Å²) in [5.74, 6) is 2.66. The highest BCUT2D eigenvalue weighted by atomic mass is 16.6. The van der Waals surface area contributed by atoms with Gasteiger partial charge in [0.05, 0.1) is 7.11 Å². The summed E-state index contributed by atoms with van der Waals surface area (Å²) in [6.45, 7) is 5.42. The fourth-order valence-electron chi connectivity index (χ4n) is 1.19. The summed E-state index contributed by atoms with van der Waals surface area (Å²) < 4.78 is 0. The van der Waals surface area contributed by atoms with Crippen LogP contribution in [-0.2, 0) is 4.84 Å². The predicted molar refractivity (Wildman–Crippen MR) is 53.7 cm³/mol. The zero-order valence-electron chi connectivity index (χ0n) is 7.92. The molecule has 0 heterocycles. The molecule has 0 amide bonds. The Kier molecular flexibility index (Phi) is 9.03. The molecule has 76 valence electrons. The minimum absolute atomic E-state index is 0. The molecule has 1 aliphatic rings. The van der Waals surface area contributed by atoms with Gasteiger partial charge in [-0.1, -0.05) is 21.3 Å². The van der Waals surface area contributed by atoms with E-state index in [0.717, 1.165) is 24.3 Å². The molecule has 0 aromatic rings. The predicted octanol–water partition coefficient (Wildman–Crippen LogP) is 1.25. The molecule has 2 atom stereocenters. The van der Waals surface area contributed by atoms with Crippen molar-refractivity contribution < 1.29 is 4.84 Å². The Labute approximate surface area is 76.6 Å². The van der Waals surface area contributed by atoms with Crippen LogP contribution in [0.5, 0.6) is 0 Å². The van der Waals surface area contributed by atoms with Crippen molar-refractivity contribution in [2.24, 2.45) is 23.5 Å². The van der Waals surface area contributed by atoms with Gasteiger partial charge in [-0.15, -0.1) is 0 Å². The molecule has 0 aliphatic heterocycles. The van der Waals surface area contributed by atoms with Gasteiger partial charge in [0.1, 0.15) is 0 Å². The van der Waals surface area contributed by atoms with E-state index < -0.39 is 0 Å². The summed E-state index contributed by atoms with van der Waals surface area (Å²) in [6.07, 6.45) is 0. The molecule has 2 unspecified atom stereocenters. The molecule has 3 N–H and O–H groups in total. The highest BCUT2D eigenvalue weighted by Crippen LogP contribution is 2.44. The second kappa shape index (κ2) is 7.53. The summed E-state index contributed by atoms with van der Waals surface area (Å²) >= 11 is 0. The van der Waals surface area contributed by atoms with E-state index >= 15 is 0 Å². The Hall–Kier alpha value is -0.120. The third-order valence-electron chi connectivity index (χ3n) is 2.52. The SMILES string of the molecule is C.CC1C(C)C1CN.CNOC. The van der Waals surface area contributed by atoms with Crippen LogP contribution in [0.4, 0.5) is 0 Å². The van der Waals surface area contributed by atoms with E-state index in [2.05, 4.69) is 24.2 Å². The van der Waals surface area contributed by atoms with Crippen LogP contribution < -0.4 is 11.2 Å². The molecule has 3 nitrogen and oxygen atoms in total. The summed E-state index contributed by atoms with van der Waals surface area (Å²) in [4.78, 5) is 4.29. The molecule has 0 bridgehead atoms. The third-order valence-corrected chi connectivity index (χ3v) is 2.52. The number of nitrogens with two attached hydrogens (primary N) is 1. The average molecular weight is 176 g/mol. The highest BCUT2D eigenvalue weighted by Gasteiger charge is 2.40. The minimum atomic E-state index is 0. The lowest BCUT2D eigenvalue weighted by molar-refractivity contribution is 0.112. The maximum atomic E-state index is 5.41. The molecule has 0 saturated heterocycles. The van der Waals surface area contributed by atoms with Crippen LogP contribution in [0.15, 0.2) is 0 Å². The van der Waals surface area contributed by atoms with E-state index in [0.29, 0.717) is 0 Å². The Morgan fingerprint density at radius 2 is 1.67 bits per heavy atom. The van der Waals surface area contributed by atoms with Crippen LogP contribution in [0.25, 0.3) is 0 Å². The number of hydrogen-bond acceptors (Lipinski definition) is 3. The van der Waals surface area contributed by atoms with E-state index in [1.807, 2.05) is 0 Å². The van der Waals surface area contributed by atoms with Gasteiger partial charge in [0.15, 0.2) is 0 Å². The standard InChI is InChI=1S/C6H13N.C2H7NO.CH4/c1-4-5(2)6(4)3-7;1-3-4-2;/h4-6H,3,7H2,1-2H3;3H,1-2H3;1H4. The Balaban J connectivity index is 0. The molecule has 3 heteroatoms. The Bertz CT molecular complexity index is 88.5. The van der Waals surface area contributed by atoms with Gasteiger partial charge in [-0.05, 0) is 24.3 Å². The monoisotopic (exact) mass is 176 g/mol. The van der Waals surface area contributed by atoms with Gasteiger partial charge < -0.3 is 10.6 Å². The lowest BCUT2D eigenvalue weighted by Gasteiger charge is -1.81. The van der Waals surface area contributed by atoms with Gasteiger partial charge in [0.25, 0.3) is 0 Å². The third kappa shape index (κ3) is 4.70. The van der Waals surface area contributed by atoms with Crippen molar-refractivity contribution in [2.75, 3.05) is 20.7 Å². The lowest BCUT2D eigenvalue weighted by Crippen LogP contribution is -2.02. The largest absolute Gasteiger partial charge is 0.330 e. The van der Waals surface area contributed by atoms with Crippen LogP contribution in [0, 0.1) is 17.8 Å². The van der Waals surface area contributed by atoms with Crippen LogP contribution in [0.1, 0.15) is 21.3 Å². The summed E-state index contributed by atoms with van der Waals surface area (Å²) in [6, 6.07) is 0. The van der Waals surface area contributed by atoms with Crippen molar-refractivity contribution >= 4 is 0 Å². The van der Waals surface area contributed by atoms with E-state index in [9.17, 15) is 0 Å². The Morgan fingerprint density at radius 1 is 1.33 bits per heavy atom. The molecule has 1 aliphatic carbocycles. The zero-order valence-corrected chi connectivity index (χ0v) is 7.92. The minimum Gasteiger partial charge on any atom is -0.330 e. The van der Waals surface area contributed by atoms with Crippen molar-refractivity contribution in [1.29, 1.82) is 0 Å². The highest BCUT2D eigenvalue weighted by molar-refractivity contribution is 4.90. The van der Waals surface area contributed by atoms with Crippen molar-refractivity contribution in [3.8, 4) is 0 Å².